The molecule has 0 saturated carbocycles. The maximum absolute atomic E-state index is 11.4. The van der Waals surface area contributed by atoms with Crippen LogP contribution in [0.25, 0.3) is 0 Å². The molecule has 40 heteroatoms. The topological polar surface area (TPSA) is 633 Å². The van der Waals surface area contributed by atoms with Crippen LogP contribution in [0.15, 0.2) is 0 Å². The molecule has 0 radical (unpaired) electrons. The maximum atomic E-state index is 11.4. The Morgan fingerprint density at radius 1 is 0.136 bits per heavy atom. The van der Waals surface area contributed by atoms with E-state index in [2.05, 4.69) is 0 Å². The minimum Gasteiger partial charge on any atom is -0.394 e. The fourth-order valence-electron chi connectivity index (χ4n) is 11.9. The average molecular weight is 1300 g/mol. The minimum atomic E-state index is -2.25. The number of ether oxygens (including phenoxy) is 16. The summed E-state index contributed by atoms with van der Waals surface area (Å²) in [5, 5.41) is 265. The highest BCUT2D eigenvalue weighted by Crippen LogP contribution is 2.40. The van der Waals surface area contributed by atoms with Crippen molar-refractivity contribution in [1.82, 2.24) is 0 Å². The van der Waals surface area contributed by atoms with E-state index < -0.39 is 299 Å². The third-order valence-corrected chi connectivity index (χ3v) is 16.9. The molecule has 30 rings (SSSR count). The highest BCUT2D eigenvalue weighted by Gasteiger charge is 2.60. The quantitative estimate of drug-likeness (QED) is 0.107. The van der Waals surface area contributed by atoms with Crippen LogP contribution < -0.4 is 0 Å². The summed E-state index contributed by atoms with van der Waals surface area (Å²) in [5.41, 5.74) is 0. The number of rotatable bonds is 8. The number of aliphatic hydroxyl groups is 24. The predicted molar refractivity (Wildman–Crippen MR) is 261 cm³/mol. The zero-order valence-corrected chi connectivity index (χ0v) is 46.0. The maximum Gasteiger partial charge on any atom is 0.187 e. The summed E-state index contributed by atoms with van der Waals surface area (Å²) in [6.07, 6.45) is -82.0. The van der Waals surface area contributed by atoms with Crippen molar-refractivity contribution in [2.45, 2.75) is 246 Å². The lowest BCUT2D eigenvalue weighted by Crippen LogP contribution is -2.69. The zero-order chi connectivity index (χ0) is 64.1. The molecule has 0 unspecified atom stereocenters. The van der Waals surface area contributed by atoms with Gasteiger partial charge in [-0.05, 0) is 0 Å². The van der Waals surface area contributed by atoms with Crippen molar-refractivity contribution in [2.75, 3.05) is 52.9 Å². The van der Waals surface area contributed by atoms with E-state index in [1.807, 2.05) is 0 Å². The molecule has 0 aliphatic carbocycles. The molecular weight excluding hydrogens is 1220 g/mol. The van der Waals surface area contributed by atoms with Crippen LogP contribution in [0.2, 0.25) is 0 Å². The van der Waals surface area contributed by atoms with Crippen molar-refractivity contribution in [3.63, 3.8) is 0 Å². The smallest absolute Gasteiger partial charge is 0.187 e. The largest absolute Gasteiger partial charge is 0.394 e. The second-order valence-corrected chi connectivity index (χ2v) is 22.5. The molecule has 30 fully saturated rings. The van der Waals surface area contributed by atoms with Gasteiger partial charge in [0.15, 0.2) is 50.3 Å². The van der Waals surface area contributed by atoms with Gasteiger partial charge in [0.2, 0.25) is 0 Å². The highest BCUT2D eigenvalue weighted by atomic mass is 16.8. The van der Waals surface area contributed by atoms with Crippen molar-refractivity contribution in [2.24, 2.45) is 0 Å². The highest BCUT2D eigenvalue weighted by molar-refractivity contribution is 5.02. The number of hydrogen-bond donors (Lipinski definition) is 24. The summed E-state index contributed by atoms with van der Waals surface area (Å²) in [6, 6.07) is 0. The van der Waals surface area contributed by atoms with Gasteiger partial charge in [-0.3, -0.25) is 0 Å². The van der Waals surface area contributed by atoms with E-state index in [1.54, 1.807) is 0 Å². The third kappa shape index (κ3) is 13.8. The van der Waals surface area contributed by atoms with Crippen LogP contribution in [0.1, 0.15) is 0 Å². The second-order valence-electron chi connectivity index (χ2n) is 22.5. The SMILES string of the molecule is OC[C@H]1O[C@@H]2O[C@H]3[C@@H](O)[C@H](O)[C@@H](O[C@H]4[C@H](O)[C@@H](O)[C@@H](O[C@H]5[C@H](O)[C@@H](O)[C@@H](O[C@H]6[C@@H](O)[C@H](O)[C@@H](O[C@H]7[C@H](O)[C@@H](O)[C@@H](O[C@H]8[C@@H](O)[C@H](O)[C@@H](O[C@H]9[C@@H](O)[C@H](O)[C@@H](O[C@H]1[C@H](O)[C@@H]2O)O[C@@H]9CO)O[C@@H]8CO)O[C@@H]7CO)O[C@@H]6CO)O[C@@H]5CO)O[C@@H]4CO)O[C@@H]3CO. The van der Waals surface area contributed by atoms with E-state index in [0.29, 0.717) is 0 Å². The van der Waals surface area contributed by atoms with Gasteiger partial charge in [-0.15, -0.1) is 0 Å². The van der Waals surface area contributed by atoms with Crippen LogP contribution in [0.3, 0.4) is 0 Å². The third-order valence-electron chi connectivity index (χ3n) is 16.9. The molecule has 24 N–H and O–H groups in total. The Hall–Kier alpha value is -1.60. The van der Waals surface area contributed by atoms with Crippen LogP contribution >= 0.6 is 0 Å². The molecule has 0 aromatic carbocycles. The van der Waals surface area contributed by atoms with Crippen LogP contribution in [0.5, 0.6) is 0 Å². The van der Waals surface area contributed by atoms with E-state index in [4.69, 9.17) is 75.8 Å². The first-order valence-electron chi connectivity index (χ1n) is 28.1. The van der Waals surface area contributed by atoms with Crippen LogP contribution in [-0.2, 0) is 75.8 Å². The Balaban J connectivity index is 0.975. The number of aliphatic hydroxyl groups excluding tert-OH is 24. The Morgan fingerprint density at radius 2 is 0.227 bits per heavy atom. The number of hydrogen-bond acceptors (Lipinski definition) is 40. The molecule has 0 aromatic heterocycles. The molecule has 0 aromatic rings. The summed E-state index contributed by atoms with van der Waals surface area (Å²) in [7, 11) is 0. The Labute approximate surface area is 496 Å². The predicted octanol–water partition coefficient (Wildman–Crippen LogP) is -17.4. The molecule has 0 spiro atoms. The van der Waals surface area contributed by atoms with Gasteiger partial charge >= 0.3 is 0 Å². The summed E-state index contributed by atoms with van der Waals surface area (Å²) in [6.45, 7) is -8.64. The van der Waals surface area contributed by atoms with E-state index in [0.717, 1.165) is 0 Å². The van der Waals surface area contributed by atoms with Crippen molar-refractivity contribution < 1.29 is 198 Å². The monoisotopic (exact) mass is 1300 g/mol. The van der Waals surface area contributed by atoms with Crippen LogP contribution in [0, 0.1) is 0 Å². The molecule has 0 amide bonds. The molecule has 88 heavy (non-hydrogen) atoms. The summed E-state index contributed by atoms with van der Waals surface area (Å²) in [5.74, 6) is 0. The standard InChI is InChI=1S/C48H80O40/c49-1-9-33-17(57)25(65)41(73-9)82-34-10(2-50)75-43(27(67)19(34)59)84-36-12(4-52)77-45(29(69)21(36)61)86-38-14(6-54)79-47(31(71)23(38)63)88-40-16(8-56)80-48(32(72)24(40)64)87-39-15(7-55)78-46(30(70)22(39)62)85-37-13(5-53)76-44(28(68)20(37)60)83-35-11(3-51)74-42(81-33)26(66)18(35)58/h9-72H,1-8H2/t9-,10-,11-,12-,13-,14-,15-,16-,17-,18-,19+,20+,21-,22-,23+,24+,25-,26-,27+,28+,29-,30+,31+,32+,33-,34-,35-,36-,37-,38-,39-,40-,41-,42-,43-,44-,45-,46-,47-,48-/m1/s1. The zero-order valence-electron chi connectivity index (χ0n) is 46.0. The molecule has 30 aliphatic rings. The first-order valence-corrected chi connectivity index (χ1v) is 28.1. The first kappa shape index (κ1) is 70.7. The molecular formula is C48H80O40. The van der Waals surface area contributed by atoms with Gasteiger partial charge in [0.05, 0.1) is 52.9 Å². The van der Waals surface area contributed by atoms with Crippen LogP contribution in [0.4, 0.5) is 0 Å². The Kier molecular flexibility index (Phi) is 24.1. The minimum absolute atomic E-state index is 1.08. The molecule has 30 heterocycles. The molecule has 512 valence electrons. The van der Waals surface area contributed by atoms with Gasteiger partial charge in [0.25, 0.3) is 0 Å². The lowest BCUT2D eigenvalue weighted by atomic mass is 9.94. The normalized spacial score (nSPS) is 55.4. The van der Waals surface area contributed by atoms with Gasteiger partial charge < -0.3 is 198 Å². The van der Waals surface area contributed by atoms with Crippen molar-refractivity contribution in [3.8, 4) is 0 Å². The van der Waals surface area contributed by atoms with Gasteiger partial charge in [-0.2, -0.15) is 0 Å². The summed E-state index contributed by atoms with van der Waals surface area (Å²) >= 11 is 0. The van der Waals surface area contributed by atoms with E-state index >= 15 is 0 Å². The van der Waals surface area contributed by atoms with Crippen molar-refractivity contribution >= 4 is 0 Å². The summed E-state index contributed by atoms with van der Waals surface area (Å²) < 4.78 is 91.1. The van der Waals surface area contributed by atoms with E-state index in [-0.39, 0.29) is 0 Å². The lowest BCUT2D eigenvalue weighted by molar-refractivity contribution is -0.404. The summed E-state index contributed by atoms with van der Waals surface area (Å²) in [4.78, 5) is 0. The van der Waals surface area contributed by atoms with Crippen molar-refractivity contribution in [3.05, 3.63) is 0 Å². The molecule has 30 saturated heterocycles. The fraction of sp³-hybridized carbons (Fsp3) is 1.00. The van der Waals surface area contributed by atoms with E-state index in [1.165, 1.54) is 0 Å². The molecule has 40 atom stereocenters. The van der Waals surface area contributed by atoms with Gasteiger partial charge in [0, 0.05) is 0 Å². The molecule has 16 bridgehead atoms. The fourth-order valence-corrected chi connectivity index (χ4v) is 11.9. The molecule has 30 aliphatic heterocycles. The van der Waals surface area contributed by atoms with Crippen molar-refractivity contribution in [1.29, 1.82) is 0 Å². The Bertz CT molecular complexity index is 1700. The first-order chi connectivity index (χ1) is 41.9. The average Bonchev–Trinajstić information content (AvgIpc) is 1.09. The van der Waals surface area contributed by atoms with Crippen LogP contribution in [-0.4, -0.2) is 421 Å². The lowest BCUT2D eigenvalue weighted by Gasteiger charge is -2.50. The van der Waals surface area contributed by atoms with Gasteiger partial charge in [-0.25, -0.2) is 0 Å². The van der Waals surface area contributed by atoms with Gasteiger partial charge in [0.1, 0.15) is 195 Å². The van der Waals surface area contributed by atoms with E-state index in [9.17, 15) is 123 Å². The molecule has 40 nitrogen and oxygen atoms in total. The van der Waals surface area contributed by atoms with Gasteiger partial charge in [-0.1, -0.05) is 0 Å². The second kappa shape index (κ2) is 30.0. The Morgan fingerprint density at radius 3 is 0.307 bits per heavy atom.